The lowest BCUT2D eigenvalue weighted by Gasteiger charge is -2.66. The number of piperidine rings is 1. The molecule has 37 heavy (non-hydrogen) atoms. The smallest absolute Gasteiger partial charge is 0.298 e. The van der Waals surface area contributed by atoms with Crippen molar-refractivity contribution in [2.45, 2.75) is 74.7 Å². The highest BCUT2D eigenvalue weighted by molar-refractivity contribution is 5.94. The Labute approximate surface area is 218 Å². The van der Waals surface area contributed by atoms with Gasteiger partial charge in [0, 0.05) is 36.7 Å². The van der Waals surface area contributed by atoms with Crippen molar-refractivity contribution in [2.75, 3.05) is 20.1 Å². The van der Waals surface area contributed by atoms with E-state index in [9.17, 15) is 15.0 Å². The molecule has 6 heteroatoms. The maximum Gasteiger partial charge on any atom is 0.298 e. The number of aryl methyl sites for hydroxylation is 1. The number of phenols is 1. The van der Waals surface area contributed by atoms with E-state index >= 15 is 0 Å². The number of likely N-dealkylation sites (N-methyl/N-ethyl adjacent to an activating group) is 1. The van der Waals surface area contributed by atoms with Gasteiger partial charge in [-0.2, -0.15) is 0 Å². The Morgan fingerprint density at radius 3 is 2.84 bits per heavy atom. The average molecular weight is 499 g/mol. The number of ether oxygens (including phenoxy) is 1. The van der Waals surface area contributed by atoms with Gasteiger partial charge in [0.15, 0.2) is 11.5 Å². The third kappa shape index (κ3) is 3.17. The molecule has 5 atom stereocenters. The maximum absolute atomic E-state index is 13.5. The second-order valence-corrected chi connectivity index (χ2v) is 11.9. The topological polar surface area (TPSA) is 73.2 Å². The molecule has 1 spiro atoms. The molecule has 2 aromatic carbocycles. The summed E-state index contributed by atoms with van der Waals surface area (Å²) < 4.78 is 6.45. The fraction of sp³-hybridized carbons (Fsp3) is 0.516. The molecule has 2 saturated carbocycles. The summed E-state index contributed by atoms with van der Waals surface area (Å²) in [5.74, 6) is 7.00. The van der Waals surface area contributed by atoms with Crippen molar-refractivity contribution in [1.82, 2.24) is 9.80 Å². The molecule has 2 heterocycles. The van der Waals surface area contributed by atoms with Gasteiger partial charge in [-0.1, -0.05) is 24.1 Å². The molecule has 3 aliphatic carbocycles. The maximum atomic E-state index is 13.5. The molecule has 6 nitrogen and oxygen atoms in total. The zero-order valence-corrected chi connectivity index (χ0v) is 21.5. The van der Waals surface area contributed by atoms with E-state index in [0.29, 0.717) is 24.5 Å². The Balaban J connectivity index is 1.31. The van der Waals surface area contributed by atoms with Gasteiger partial charge in [0.1, 0.15) is 11.7 Å². The van der Waals surface area contributed by atoms with Crippen molar-refractivity contribution < 1.29 is 19.7 Å². The van der Waals surface area contributed by atoms with Gasteiger partial charge in [-0.15, -0.1) is 0 Å². The zero-order chi connectivity index (χ0) is 25.5. The normalized spacial score (nSPS) is 33.1. The van der Waals surface area contributed by atoms with E-state index < -0.39 is 11.0 Å². The van der Waals surface area contributed by atoms with Crippen LogP contribution in [0.4, 0.5) is 0 Å². The van der Waals surface area contributed by atoms with Gasteiger partial charge in [0.2, 0.25) is 0 Å². The largest absolute Gasteiger partial charge is 0.504 e. The van der Waals surface area contributed by atoms with E-state index in [-0.39, 0.29) is 29.8 Å². The van der Waals surface area contributed by atoms with Crippen LogP contribution in [0.15, 0.2) is 36.4 Å². The lowest BCUT2D eigenvalue weighted by Crippen LogP contribution is -2.81. The quantitative estimate of drug-likeness (QED) is 0.637. The third-order valence-electron chi connectivity index (χ3n) is 9.87. The van der Waals surface area contributed by atoms with Crippen LogP contribution in [0.3, 0.4) is 0 Å². The van der Waals surface area contributed by atoms with Gasteiger partial charge in [-0.3, -0.25) is 9.69 Å². The van der Waals surface area contributed by atoms with Crippen LogP contribution in [0.5, 0.6) is 11.5 Å². The Hall–Kier alpha value is -3.01. The molecule has 2 aliphatic heterocycles. The summed E-state index contributed by atoms with van der Waals surface area (Å²) >= 11 is 0. The highest BCUT2D eigenvalue weighted by Crippen LogP contribution is 2.66. The van der Waals surface area contributed by atoms with Crippen molar-refractivity contribution in [2.24, 2.45) is 5.92 Å². The molecule has 7 rings (SSSR count). The number of phenolic OH excluding ortho intramolecular Hbond substituents is 1. The van der Waals surface area contributed by atoms with Crippen LogP contribution in [0.25, 0.3) is 0 Å². The van der Waals surface area contributed by atoms with E-state index in [1.54, 1.807) is 18.0 Å². The number of hydrogen-bond donors (Lipinski definition) is 2. The van der Waals surface area contributed by atoms with Crippen LogP contribution >= 0.6 is 0 Å². The number of nitrogens with zero attached hydrogens (tertiary/aromatic N) is 2. The molecule has 192 valence electrons. The van der Waals surface area contributed by atoms with E-state index in [1.807, 2.05) is 37.3 Å². The van der Waals surface area contributed by atoms with E-state index in [2.05, 4.69) is 16.7 Å². The van der Waals surface area contributed by atoms with Crippen molar-refractivity contribution in [3.8, 4) is 23.3 Å². The summed E-state index contributed by atoms with van der Waals surface area (Å²) in [5, 5.41) is 23.8. The number of benzene rings is 2. The fourth-order valence-electron chi connectivity index (χ4n) is 8.06. The highest BCUT2D eigenvalue weighted by atomic mass is 16.5. The first-order valence-electron chi connectivity index (χ1n) is 13.7. The lowest BCUT2D eigenvalue weighted by molar-refractivity contribution is -0.217. The molecule has 2 N–H and O–H groups in total. The number of likely N-dealkylation sites (tertiary alicyclic amines) is 1. The summed E-state index contributed by atoms with van der Waals surface area (Å²) in [6.07, 6.45) is 5.11. The Kier molecular flexibility index (Phi) is 5.00. The SMILES string of the molecule is Cc1cccc(C#CC(=O)N(C)[C@H]2CC[C@@H]3Oc4c(O)ccc5c4[C@@]34CCN(CC3CC3)[C@H](C5)[C@]24O)c1. The van der Waals surface area contributed by atoms with Gasteiger partial charge >= 0.3 is 0 Å². The molecule has 0 radical (unpaired) electrons. The van der Waals surface area contributed by atoms with Gasteiger partial charge in [0.05, 0.1) is 11.5 Å². The number of aromatic hydroxyl groups is 1. The van der Waals surface area contributed by atoms with E-state index in [1.165, 1.54) is 18.4 Å². The number of amides is 1. The standard InChI is InChI=1S/C31H34N2O4/c1-19-4-3-5-20(16-19)8-13-27(35)32(2)24-11-12-26-30-14-15-33(18-21-6-7-21)25(31(24,30)36)17-22-9-10-23(34)29(37-26)28(22)30/h3-5,9-10,16,21,24-26,34,36H,6-7,11-12,14-15,17-18H2,1-2H3/t24-,25+,26-,30+,31+/m0/s1. The number of hydrogen-bond acceptors (Lipinski definition) is 5. The summed E-state index contributed by atoms with van der Waals surface area (Å²) in [6, 6.07) is 11.1. The minimum absolute atomic E-state index is 0.110. The Bertz CT molecular complexity index is 1360. The highest BCUT2D eigenvalue weighted by Gasteiger charge is 2.74. The first-order valence-corrected chi connectivity index (χ1v) is 13.7. The van der Waals surface area contributed by atoms with Gasteiger partial charge < -0.3 is 19.8 Å². The number of rotatable bonds is 3. The molecule has 2 bridgehead atoms. The van der Waals surface area contributed by atoms with Crippen LogP contribution in [0.1, 0.15) is 54.4 Å². The number of aliphatic hydroxyl groups is 1. The van der Waals surface area contributed by atoms with Crippen molar-refractivity contribution in [1.29, 1.82) is 0 Å². The molecule has 1 amide bonds. The second-order valence-electron chi connectivity index (χ2n) is 11.9. The van der Waals surface area contributed by atoms with Crippen LogP contribution < -0.4 is 4.74 Å². The molecule has 0 unspecified atom stereocenters. The van der Waals surface area contributed by atoms with E-state index in [0.717, 1.165) is 42.6 Å². The number of carbonyl (C=O) groups is 1. The number of carbonyl (C=O) groups excluding carboxylic acids is 1. The summed E-state index contributed by atoms with van der Waals surface area (Å²) in [5.41, 5.74) is 2.24. The van der Waals surface area contributed by atoms with Crippen molar-refractivity contribution in [3.05, 3.63) is 58.7 Å². The van der Waals surface area contributed by atoms with Crippen molar-refractivity contribution >= 4 is 5.91 Å². The lowest BCUT2D eigenvalue weighted by atomic mass is 9.47. The molecular formula is C31H34N2O4. The Morgan fingerprint density at radius 1 is 1.22 bits per heavy atom. The first-order chi connectivity index (χ1) is 17.8. The summed E-state index contributed by atoms with van der Waals surface area (Å²) in [4.78, 5) is 17.6. The molecule has 5 aliphatic rings. The monoisotopic (exact) mass is 498 g/mol. The minimum Gasteiger partial charge on any atom is -0.504 e. The molecule has 0 aromatic heterocycles. The predicted octanol–water partition coefficient (Wildman–Crippen LogP) is 3.14. The van der Waals surface area contributed by atoms with Gasteiger partial charge in [-0.25, -0.2) is 0 Å². The first kappa shape index (κ1) is 23.1. The van der Waals surface area contributed by atoms with E-state index in [4.69, 9.17) is 4.74 Å². The predicted molar refractivity (Wildman–Crippen MR) is 139 cm³/mol. The second kappa shape index (κ2) is 7.99. The zero-order valence-electron chi connectivity index (χ0n) is 21.5. The Morgan fingerprint density at radius 2 is 2.05 bits per heavy atom. The van der Waals surface area contributed by atoms with Crippen molar-refractivity contribution in [3.63, 3.8) is 0 Å². The molecular weight excluding hydrogens is 464 g/mol. The summed E-state index contributed by atoms with van der Waals surface area (Å²) in [7, 11) is 1.79. The average Bonchev–Trinajstić information content (AvgIpc) is 3.63. The minimum atomic E-state index is -1.19. The van der Waals surface area contributed by atoms with Crippen LogP contribution in [0, 0.1) is 24.7 Å². The third-order valence-corrected chi connectivity index (χ3v) is 9.87. The molecule has 3 fully saturated rings. The fourth-order valence-corrected chi connectivity index (χ4v) is 8.06. The molecule has 1 saturated heterocycles. The van der Waals surface area contributed by atoms with Crippen LogP contribution in [0.2, 0.25) is 0 Å². The van der Waals surface area contributed by atoms with Gasteiger partial charge in [-0.05, 0) is 87.2 Å². The van der Waals surface area contributed by atoms with Crippen LogP contribution in [-0.4, -0.2) is 69.8 Å². The molecule has 2 aromatic rings. The van der Waals surface area contributed by atoms with Crippen LogP contribution in [-0.2, 0) is 16.6 Å². The summed E-state index contributed by atoms with van der Waals surface area (Å²) in [6.45, 7) is 3.90. The van der Waals surface area contributed by atoms with Gasteiger partial charge in [0.25, 0.3) is 5.91 Å².